The molecular formula is C31H45N3O6Si. The smallest absolute Gasteiger partial charge is 0.264 e. The van der Waals surface area contributed by atoms with Gasteiger partial charge in [-0.1, -0.05) is 25.8 Å². The number of amides is 3. The quantitative estimate of drug-likeness (QED) is 0.374. The minimum Gasteiger partial charge on any atom is -0.432 e. The van der Waals surface area contributed by atoms with Crippen molar-refractivity contribution >= 4 is 37.4 Å². The zero-order valence-corrected chi connectivity index (χ0v) is 25.7. The van der Waals surface area contributed by atoms with Gasteiger partial charge in [0.05, 0.1) is 30.9 Å². The van der Waals surface area contributed by atoms with E-state index >= 15 is 0 Å². The standard InChI is InChI=1S/C31H45N3O6Si/c1-5-15-34-25-14-13-22(32-16-9-7-6-8-12-27(32)36)18-24(25)31(30(34)38)21(2)29(41(3,4)39)26(40-31)19-28(37)33-17-10-11-23(33)20-35/h5,13-14,18,21,23,26,29,35,39H,1,6-12,15-17,19-20H2,2-4H3/t21-,23-,26+,29-,31+/m0/s1. The second-order valence-corrected chi connectivity index (χ2v) is 16.7. The molecule has 4 heterocycles. The second kappa shape index (κ2) is 11.6. The van der Waals surface area contributed by atoms with Crippen molar-refractivity contribution in [2.24, 2.45) is 5.92 Å². The summed E-state index contributed by atoms with van der Waals surface area (Å²) in [4.78, 5) is 57.8. The number of nitrogens with zero attached hydrogens (tertiary/aromatic N) is 3. The zero-order valence-electron chi connectivity index (χ0n) is 24.7. The number of hydrogen-bond acceptors (Lipinski definition) is 6. The van der Waals surface area contributed by atoms with Crippen LogP contribution in [0.3, 0.4) is 0 Å². The molecule has 0 unspecified atom stereocenters. The van der Waals surface area contributed by atoms with E-state index in [1.807, 2.05) is 43.1 Å². The number of ether oxygens (including phenoxy) is 1. The van der Waals surface area contributed by atoms with Crippen molar-refractivity contribution in [3.8, 4) is 0 Å². The predicted molar refractivity (Wildman–Crippen MR) is 160 cm³/mol. The van der Waals surface area contributed by atoms with Crippen molar-refractivity contribution in [1.29, 1.82) is 0 Å². The Morgan fingerprint density at radius 2 is 1.93 bits per heavy atom. The molecule has 3 amide bonds. The monoisotopic (exact) mass is 583 g/mol. The molecule has 4 aliphatic heterocycles. The van der Waals surface area contributed by atoms with Gasteiger partial charge >= 0.3 is 0 Å². The summed E-state index contributed by atoms with van der Waals surface area (Å²) < 4.78 is 6.83. The van der Waals surface area contributed by atoms with E-state index in [4.69, 9.17) is 4.74 Å². The molecule has 1 aromatic rings. The highest BCUT2D eigenvalue weighted by Gasteiger charge is 2.66. The lowest BCUT2D eigenvalue weighted by molar-refractivity contribution is -0.149. The lowest BCUT2D eigenvalue weighted by Crippen LogP contribution is -2.46. The lowest BCUT2D eigenvalue weighted by atomic mass is 9.82. The lowest BCUT2D eigenvalue weighted by Gasteiger charge is -2.33. The first kappa shape index (κ1) is 29.9. The highest BCUT2D eigenvalue weighted by atomic mass is 28.4. The third-order valence-corrected chi connectivity index (χ3v) is 12.2. The molecule has 4 aliphatic rings. The van der Waals surface area contributed by atoms with Crippen LogP contribution in [-0.2, 0) is 24.7 Å². The summed E-state index contributed by atoms with van der Waals surface area (Å²) in [6, 6.07) is 5.53. The average molecular weight is 584 g/mol. The second-order valence-electron chi connectivity index (χ2n) is 12.7. The summed E-state index contributed by atoms with van der Waals surface area (Å²) >= 11 is 0. The van der Waals surface area contributed by atoms with Crippen molar-refractivity contribution in [1.82, 2.24) is 4.90 Å². The summed E-state index contributed by atoms with van der Waals surface area (Å²) in [5.41, 5.74) is 0.391. The van der Waals surface area contributed by atoms with Crippen molar-refractivity contribution in [2.45, 2.75) is 94.7 Å². The summed E-state index contributed by atoms with van der Waals surface area (Å²) in [6.45, 7) is 10.9. The fourth-order valence-corrected chi connectivity index (χ4v) is 10.4. The molecule has 1 aromatic carbocycles. The molecule has 1 spiro atoms. The maximum Gasteiger partial charge on any atom is 0.264 e. The fourth-order valence-electron chi connectivity index (χ4n) is 7.82. The minimum atomic E-state index is -2.94. The third-order valence-electron chi connectivity index (χ3n) is 9.70. The fraction of sp³-hybridized carbons (Fsp3) is 0.645. The number of likely N-dealkylation sites (tertiary alicyclic amines) is 1. The van der Waals surface area contributed by atoms with E-state index in [2.05, 4.69) is 6.58 Å². The van der Waals surface area contributed by atoms with Gasteiger partial charge in [0, 0.05) is 48.8 Å². The van der Waals surface area contributed by atoms with Crippen LogP contribution in [0.5, 0.6) is 0 Å². The van der Waals surface area contributed by atoms with Gasteiger partial charge in [-0.2, -0.15) is 0 Å². The van der Waals surface area contributed by atoms with Crippen molar-refractivity contribution < 1.29 is 29.0 Å². The van der Waals surface area contributed by atoms with E-state index in [-0.39, 0.29) is 42.3 Å². The number of anilines is 2. The summed E-state index contributed by atoms with van der Waals surface area (Å²) in [6.07, 6.45) is 7.09. The Labute approximate surface area is 244 Å². The molecule has 3 saturated heterocycles. The summed E-state index contributed by atoms with van der Waals surface area (Å²) in [7, 11) is -2.94. The van der Waals surface area contributed by atoms with Crippen LogP contribution < -0.4 is 9.80 Å². The largest absolute Gasteiger partial charge is 0.432 e. The molecule has 41 heavy (non-hydrogen) atoms. The first-order valence-corrected chi connectivity index (χ1v) is 18.2. The maximum absolute atomic E-state index is 14.4. The molecule has 224 valence electrons. The molecule has 0 aliphatic carbocycles. The van der Waals surface area contributed by atoms with Crippen LogP contribution in [0.1, 0.15) is 63.9 Å². The average Bonchev–Trinajstić information content (AvgIpc) is 3.57. The van der Waals surface area contributed by atoms with Crippen LogP contribution in [0.15, 0.2) is 30.9 Å². The molecule has 0 saturated carbocycles. The number of hydrogen-bond donors (Lipinski definition) is 2. The van der Waals surface area contributed by atoms with E-state index in [1.54, 1.807) is 15.9 Å². The normalized spacial score (nSPS) is 30.6. The highest BCUT2D eigenvalue weighted by Crippen LogP contribution is 2.60. The Bertz CT molecular complexity index is 1200. The number of aliphatic hydroxyl groups excluding tert-OH is 1. The van der Waals surface area contributed by atoms with Crippen LogP contribution in [0.2, 0.25) is 18.6 Å². The van der Waals surface area contributed by atoms with Gasteiger partial charge in [0.15, 0.2) is 13.9 Å². The van der Waals surface area contributed by atoms with Gasteiger partial charge < -0.3 is 29.3 Å². The molecule has 10 heteroatoms. The van der Waals surface area contributed by atoms with Crippen LogP contribution in [0.25, 0.3) is 0 Å². The molecular weight excluding hydrogens is 538 g/mol. The molecule has 5 atom stereocenters. The molecule has 9 nitrogen and oxygen atoms in total. The number of carbonyl (C=O) groups is 3. The van der Waals surface area contributed by atoms with E-state index in [1.165, 1.54) is 0 Å². The SMILES string of the molecule is C=CCN1C(=O)[C@]2(O[C@H](CC(=O)N3CCC[C@H]3CO)[C@@H]([Si](C)(C)O)[C@@H]2C)c2cc(N3CCCCCCC3=O)ccc21. The number of fused-ring (bicyclic) bond motifs is 2. The third kappa shape index (κ3) is 5.17. The Kier molecular flexibility index (Phi) is 8.49. The van der Waals surface area contributed by atoms with Crippen molar-refractivity contribution in [3.05, 3.63) is 36.4 Å². The Balaban J connectivity index is 1.56. The number of rotatable bonds is 7. The van der Waals surface area contributed by atoms with Crippen LogP contribution in [0.4, 0.5) is 11.4 Å². The highest BCUT2D eigenvalue weighted by molar-refractivity contribution is 6.71. The van der Waals surface area contributed by atoms with Crippen LogP contribution in [0, 0.1) is 5.92 Å². The van der Waals surface area contributed by atoms with Gasteiger partial charge in [0.1, 0.15) is 0 Å². The number of aliphatic hydroxyl groups is 1. The summed E-state index contributed by atoms with van der Waals surface area (Å²) in [5.74, 6) is -0.657. The first-order chi connectivity index (χ1) is 19.5. The van der Waals surface area contributed by atoms with Gasteiger partial charge in [-0.15, -0.1) is 6.58 Å². The van der Waals surface area contributed by atoms with Gasteiger partial charge in [0.25, 0.3) is 5.91 Å². The Morgan fingerprint density at radius 3 is 2.63 bits per heavy atom. The maximum atomic E-state index is 14.4. The van der Waals surface area contributed by atoms with Crippen LogP contribution in [-0.4, -0.2) is 79.2 Å². The molecule has 5 rings (SSSR count). The molecule has 2 N–H and O–H groups in total. The Hall–Kier alpha value is -2.53. The van der Waals surface area contributed by atoms with Gasteiger partial charge in [-0.3, -0.25) is 14.4 Å². The van der Waals surface area contributed by atoms with E-state index in [0.717, 1.165) is 44.2 Å². The number of benzene rings is 1. The number of carbonyl (C=O) groups excluding carboxylic acids is 3. The van der Waals surface area contributed by atoms with E-state index < -0.39 is 25.9 Å². The minimum absolute atomic E-state index is 0.0403. The molecule has 3 fully saturated rings. The van der Waals surface area contributed by atoms with Crippen LogP contribution >= 0.6 is 0 Å². The van der Waals surface area contributed by atoms with Crippen molar-refractivity contribution in [2.75, 3.05) is 36.0 Å². The first-order valence-electron chi connectivity index (χ1n) is 15.2. The van der Waals surface area contributed by atoms with E-state index in [9.17, 15) is 24.3 Å². The van der Waals surface area contributed by atoms with Gasteiger partial charge in [-0.25, -0.2) is 0 Å². The molecule has 0 radical (unpaired) electrons. The van der Waals surface area contributed by atoms with Gasteiger partial charge in [-0.05, 0) is 57.0 Å². The molecule has 0 bridgehead atoms. The predicted octanol–water partition coefficient (Wildman–Crippen LogP) is 3.69. The molecule has 0 aromatic heterocycles. The van der Waals surface area contributed by atoms with Crippen molar-refractivity contribution in [3.63, 3.8) is 0 Å². The van der Waals surface area contributed by atoms with Gasteiger partial charge in [0.2, 0.25) is 11.8 Å². The summed E-state index contributed by atoms with van der Waals surface area (Å²) in [5, 5.41) is 9.80. The zero-order chi connectivity index (χ0) is 29.5. The van der Waals surface area contributed by atoms with E-state index in [0.29, 0.717) is 37.3 Å². The Morgan fingerprint density at radius 1 is 1.17 bits per heavy atom. The topological polar surface area (TPSA) is 111 Å².